The second-order valence-electron chi connectivity index (χ2n) is 4.79. The summed E-state index contributed by atoms with van der Waals surface area (Å²) in [5, 5.41) is 4.83. The lowest BCUT2D eigenvalue weighted by atomic mass is 10.1. The Hall–Kier alpha value is -1.02. The van der Waals surface area contributed by atoms with Gasteiger partial charge in [0.1, 0.15) is 0 Å². The van der Waals surface area contributed by atoms with Crippen molar-refractivity contribution in [1.29, 1.82) is 0 Å². The molecule has 0 aliphatic rings. The maximum absolute atomic E-state index is 5.99. The van der Waals surface area contributed by atoms with Crippen LogP contribution < -0.4 is 5.32 Å². The molecule has 0 spiro atoms. The molecule has 0 heterocycles. The largest absolute Gasteiger partial charge is 0.306 e. The van der Waals surface area contributed by atoms with Gasteiger partial charge in [-0.2, -0.15) is 0 Å². The standard InChI is InChI=1S/C16H17Cl2N/c1-11-4-3-5-14(6-11)12(2)19-10-13-7-15(17)9-16(18)8-13/h3-9,12,19H,10H2,1-2H3/t12-/m1/s1. The first-order valence-corrected chi connectivity index (χ1v) is 7.05. The smallest absolute Gasteiger partial charge is 0.0424 e. The molecule has 0 bridgehead atoms. The van der Waals surface area contributed by atoms with E-state index in [0.29, 0.717) is 10.0 Å². The molecule has 100 valence electrons. The Morgan fingerprint density at radius 3 is 2.37 bits per heavy atom. The summed E-state index contributed by atoms with van der Waals surface area (Å²) in [6.07, 6.45) is 0. The van der Waals surface area contributed by atoms with Gasteiger partial charge < -0.3 is 5.32 Å². The van der Waals surface area contributed by atoms with Gasteiger partial charge in [-0.15, -0.1) is 0 Å². The minimum Gasteiger partial charge on any atom is -0.306 e. The third-order valence-corrected chi connectivity index (χ3v) is 3.51. The van der Waals surface area contributed by atoms with Crippen LogP contribution in [0.15, 0.2) is 42.5 Å². The zero-order valence-corrected chi connectivity index (χ0v) is 12.6. The number of rotatable bonds is 4. The van der Waals surface area contributed by atoms with Crippen LogP contribution in [0.3, 0.4) is 0 Å². The van der Waals surface area contributed by atoms with Crippen LogP contribution >= 0.6 is 23.2 Å². The molecular weight excluding hydrogens is 277 g/mol. The molecule has 2 rings (SSSR count). The molecule has 0 aliphatic heterocycles. The van der Waals surface area contributed by atoms with Gasteiger partial charge in [-0.1, -0.05) is 53.0 Å². The quantitative estimate of drug-likeness (QED) is 0.822. The Balaban J connectivity index is 2.02. The third kappa shape index (κ3) is 4.24. The molecule has 0 aromatic heterocycles. The Morgan fingerprint density at radius 2 is 1.74 bits per heavy atom. The first-order chi connectivity index (χ1) is 9.04. The highest BCUT2D eigenvalue weighted by atomic mass is 35.5. The highest BCUT2D eigenvalue weighted by molar-refractivity contribution is 6.34. The highest BCUT2D eigenvalue weighted by Gasteiger charge is 2.05. The lowest BCUT2D eigenvalue weighted by Crippen LogP contribution is -2.18. The van der Waals surface area contributed by atoms with Crippen molar-refractivity contribution in [3.05, 3.63) is 69.2 Å². The van der Waals surface area contributed by atoms with Crippen LogP contribution in [0.4, 0.5) is 0 Å². The molecule has 1 N–H and O–H groups in total. The van der Waals surface area contributed by atoms with Crippen LogP contribution in [-0.4, -0.2) is 0 Å². The zero-order chi connectivity index (χ0) is 13.8. The van der Waals surface area contributed by atoms with Gasteiger partial charge in [0.2, 0.25) is 0 Å². The van der Waals surface area contributed by atoms with Crippen molar-refractivity contribution in [3.63, 3.8) is 0 Å². The number of nitrogens with one attached hydrogen (secondary N) is 1. The molecule has 3 heteroatoms. The maximum atomic E-state index is 5.99. The van der Waals surface area contributed by atoms with E-state index in [0.717, 1.165) is 12.1 Å². The van der Waals surface area contributed by atoms with Gasteiger partial charge in [0.15, 0.2) is 0 Å². The van der Waals surface area contributed by atoms with E-state index in [4.69, 9.17) is 23.2 Å². The minimum absolute atomic E-state index is 0.289. The summed E-state index contributed by atoms with van der Waals surface area (Å²) in [5.41, 5.74) is 3.65. The molecule has 2 aromatic rings. The van der Waals surface area contributed by atoms with E-state index in [1.165, 1.54) is 11.1 Å². The van der Waals surface area contributed by atoms with E-state index in [1.807, 2.05) is 12.1 Å². The van der Waals surface area contributed by atoms with Gasteiger partial charge in [-0.3, -0.25) is 0 Å². The van der Waals surface area contributed by atoms with Crippen molar-refractivity contribution in [2.45, 2.75) is 26.4 Å². The minimum atomic E-state index is 0.289. The predicted molar refractivity (Wildman–Crippen MR) is 82.9 cm³/mol. The van der Waals surface area contributed by atoms with Crippen LogP contribution in [0.2, 0.25) is 10.0 Å². The Morgan fingerprint density at radius 1 is 1.05 bits per heavy atom. The van der Waals surface area contributed by atoms with E-state index in [9.17, 15) is 0 Å². The summed E-state index contributed by atoms with van der Waals surface area (Å²) in [7, 11) is 0. The zero-order valence-electron chi connectivity index (χ0n) is 11.1. The summed E-state index contributed by atoms with van der Waals surface area (Å²) >= 11 is 12.0. The summed E-state index contributed by atoms with van der Waals surface area (Å²) in [6, 6.07) is 14.4. The number of hydrogen-bond acceptors (Lipinski definition) is 1. The summed E-state index contributed by atoms with van der Waals surface area (Å²) in [5.74, 6) is 0. The van der Waals surface area contributed by atoms with Crippen molar-refractivity contribution >= 4 is 23.2 Å². The molecule has 1 nitrogen and oxygen atoms in total. The number of hydrogen-bond donors (Lipinski definition) is 1. The van der Waals surface area contributed by atoms with Crippen molar-refractivity contribution < 1.29 is 0 Å². The molecule has 19 heavy (non-hydrogen) atoms. The second-order valence-corrected chi connectivity index (χ2v) is 5.67. The van der Waals surface area contributed by atoms with Crippen LogP contribution in [0.25, 0.3) is 0 Å². The van der Waals surface area contributed by atoms with E-state index in [-0.39, 0.29) is 6.04 Å². The highest BCUT2D eigenvalue weighted by Crippen LogP contribution is 2.20. The number of aryl methyl sites for hydroxylation is 1. The molecule has 0 amide bonds. The molecule has 0 saturated carbocycles. The predicted octanol–water partition coefficient (Wildman–Crippen LogP) is 5.15. The molecule has 0 saturated heterocycles. The van der Waals surface area contributed by atoms with E-state index < -0.39 is 0 Å². The first-order valence-electron chi connectivity index (χ1n) is 6.29. The van der Waals surface area contributed by atoms with E-state index >= 15 is 0 Å². The van der Waals surface area contributed by atoms with Crippen LogP contribution in [-0.2, 0) is 6.54 Å². The normalized spacial score (nSPS) is 12.4. The van der Waals surface area contributed by atoms with Crippen molar-refractivity contribution in [1.82, 2.24) is 5.32 Å². The number of halogens is 2. The fraction of sp³-hybridized carbons (Fsp3) is 0.250. The lowest BCUT2D eigenvalue weighted by molar-refractivity contribution is 0.574. The molecule has 0 aliphatic carbocycles. The first kappa shape index (κ1) is 14.4. The third-order valence-electron chi connectivity index (χ3n) is 3.08. The second kappa shape index (κ2) is 6.42. The van der Waals surface area contributed by atoms with Crippen LogP contribution in [0.1, 0.15) is 29.7 Å². The lowest BCUT2D eigenvalue weighted by Gasteiger charge is -2.15. The SMILES string of the molecule is Cc1cccc([C@@H](C)NCc2cc(Cl)cc(Cl)c2)c1. The molecule has 1 atom stereocenters. The van der Waals surface area contributed by atoms with Crippen LogP contribution in [0.5, 0.6) is 0 Å². The monoisotopic (exact) mass is 293 g/mol. The van der Waals surface area contributed by atoms with Gasteiger partial charge in [-0.05, 0) is 43.2 Å². The molecule has 2 aromatic carbocycles. The maximum Gasteiger partial charge on any atom is 0.0424 e. The Labute approximate surface area is 124 Å². The van der Waals surface area contributed by atoms with E-state index in [2.05, 4.69) is 43.4 Å². The van der Waals surface area contributed by atoms with Gasteiger partial charge in [0, 0.05) is 22.6 Å². The molecular formula is C16H17Cl2N. The van der Waals surface area contributed by atoms with Crippen molar-refractivity contribution in [3.8, 4) is 0 Å². The fourth-order valence-electron chi connectivity index (χ4n) is 2.04. The Bertz CT molecular complexity index is 546. The topological polar surface area (TPSA) is 12.0 Å². The van der Waals surface area contributed by atoms with Gasteiger partial charge >= 0.3 is 0 Å². The molecule has 0 fully saturated rings. The Kier molecular flexibility index (Phi) is 4.87. The van der Waals surface area contributed by atoms with Gasteiger partial charge in [-0.25, -0.2) is 0 Å². The molecule has 0 unspecified atom stereocenters. The number of benzene rings is 2. The van der Waals surface area contributed by atoms with Gasteiger partial charge in [0.05, 0.1) is 0 Å². The summed E-state index contributed by atoms with van der Waals surface area (Å²) < 4.78 is 0. The van der Waals surface area contributed by atoms with Crippen molar-refractivity contribution in [2.75, 3.05) is 0 Å². The van der Waals surface area contributed by atoms with E-state index in [1.54, 1.807) is 6.07 Å². The van der Waals surface area contributed by atoms with Crippen molar-refractivity contribution in [2.24, 2.45) is 0 Å². The van der Waals surface area contributed by atoms with Gasteiger partial charge in [0.25, 0.3) is 0 Å². The summed E-state index contributed by atoms with van der Waals surface area (Å²) in [6.45, 7) is 5.00. The average Bonchev–Trinajstić information content (AvgIpc) is 2.35. The molecule has 0 radical (unpaired) electrons. The fourth-order valence-corrected chi connectivity index (χ4v) is 2.61. The summed E-state index contributed by atoms with van der Waals surface area (Å²) in [4.78, 5) is 0. The average molecular weight is 294 g/mol. The van der Waals surface area contributed by atoms with Crippen LogP contribution in [0, 0.1) is 6.92 Å².